The molecule has 1 aromatic rings. The highest BCUT2D eigenvalue weighted by molar-refractivity contribution is 9.10. The van der Waals surface area contributed by atoms with E-state index in [1.165, 1.54) is 24.6 Å². The van der Waals surface area contributed by atoms with Crippen molar-refractivity contribution in [3.05, 3.63) is 34.1 Å². The zero-order valence-electron chi connectivity index (χ0n) is 11.3. The maximum atomic E-state index is 13.3. The summed E-state index contributed by atoms with van der Waals surface area (Å²) in [6, 6.07) is 4.47. The minimum Gasteiger partial charge on any atom is -0.395 e. The Labute approximate surface area is 126 Å². The third-order valence-electron chi connectivity index (χ3n) is 3.78. The molecule has 1 aliphatic carbocycles. The molecule has 110 valence electrons. The van der Waals surface area contributed by atoms with E-state index < -0.39 is 0 Å². The Hall–Kier alpha value is -0.940. The first-order valence-electron chi connectivity index (χ1n) is 7.00. The Morgan fingerprint density at radius 3 is 2.65 bits per heavy atom. The highest BCUT2D eigenvalue weighted by atomic mass is 79.9. The van der Waals surface area contributed by atoms with Crippen LogP contribution in [0.1, 0.15) is 42.5 Å². The number of hydrogen-bond acceptors (Lipinski definition) is 2. The van der Waals surface area contributed by atoms with E-state index in [-0.39, 0.29) is 28.8 Å². The molecule has 1 N–H and O–H groups in total. The van der Waals surface area contributed by atoms with Crippen LogP contribution in [-0.2, 0) is 0 Å². The second-order valence-electron chi connectivity index (χ2n) is 5.14. The summed E-state index contributed by atoms with van der Waals surface area (Å²) in [6.07, 6.45) is 5.40. The predicted molar refractivity (Wildman–Crippen MR) is 79.1 cm³/mol. The Bertz CT molecular complexity index is 475. The van der Waals surface area contributed by atoms with Gasteiger partial charge in [0.2, 0.25) is 0 Å². The van der Waals surface area contributed by atoms with Crippen LogP contribution in [-0.4, -0.2) is 35.1 Å². The number of carbonyl (C=O) groups excluding carboxylic acids is 1. The second-order valence-corrected chi connectivity index (χ2v) is 6.00. The van der Waals surface area contributed by atoms with Crippen molar-refractivity contribution in [2.24, 2.45) is 0 Å². The molecule has 5 heteroatoms. The Morgan fingerprint density at radius 1 is 1.35 bits per heavy atom. The highest BCUT2D eigenvalue weighted by Crippen LogP contribution is 2.25. The molecule has 1 amide bonds. The fraction of sp³-hybridized carbons (Fsp3) is 0.533. The summed E-state index contributed by atoms with van der Waals surface area (Å²) >= 11 is 3.10. The Morgan fingerprint density at radius 2 is 2.05 bits per heavy atom. The van der Waals surface area contributed by atoms with Gasteiger partial charge in [0.1, 0.15) is 5.82 Å². The standard InChI is InChI=1S/C15H19BrFNO2/c16-13-10-11(6-7-14(13)17)15(20)18(8-9-19)12-4-2-1-3-5-12/h6-7,10,12,19H,1-5,8-9H2. The first kappa shape index (κ1) is 15.4. The molecular weight excluding hydrogens is 325 g/mol. The van der Waals surface area contributed by atoms with E-state index in [2.05, 4.69) is 15.9 Å². The fourth-order valence-corrected chi connectivity index (χ4v) is 3.12. The van der Waals surface area contributed by atoms with Gasteiger partial charge in [0, 0.05) is 18.2 Å². The van der Waals surface area contributed by atoms with Gasteiger partial charge in [-0.1, -0.05) is 19.3 Å². The van der Waals surface area contributed by atoms with Crippen LogP contribution in [0.4, 0.5) is 4.39 Å². The summed E-state index contributed by atoms with van der Waals surface area (Å²) in [4.78, 5) is 14.3. The van der Waals surface area contributed by atoms with Gasteiger partial charge in [-0.2, -0.15) is 0 Å². The van der Waals surface area contributed by atoms with Gasteiger partial charge in [0.25, 0.3) is 5.91 Å². The van der Waals surface area contributed by atoms with Gasteiger partial charge in [-0.05, 0) is 47.0 Å². The summed E-state index contributed by atoms with van der Waals surface area (Å²) in [5, 5.41) is 9.20. The molecule has 0 aliphatic heterocycles. The highest BCUT2D eigenvalue weighted by Gasteiger charge is 2.26. The number of hydrogen-bond donors (Lipinski definition) is 1. The zero-order valence-corrected chi connectivity index (χ0v) is 12.9. The van der Waals surface area contributed by atoms with Gasteiger partial charge in [-0.3, -0.25) is 4.79 Å². The third-order valence-corrected chi connectivity index (χ3v) is 4.39. The molecule has 0 heterocycles. The average molecular weight is 344 g/mol. The van der Waals surface area contributed by atoms with E-state index in [9.17, 15) is 14.3 Å². The van der Waals surface area contributed by atoms with Crippen LogP contribution in [0.3, 0.4) is 0 Å². The molecule has 1 fully saturated rings. The first-order valence-corrected chi connectivity index (χ1v) is 7.79. The van der Waals surface area contributed by atoms with Crippen LogP contribution < -0.4 is 0 Å². The minimum atomic E-state index is -0.382. The van der Waals surface area contributed by atoms with Gasteiger partial charge in [0.05, 0.1) is 11.1 Å². The molecule has 3 nitrogen and oxygen atoms in total. The lowest BCUT2D eigenvalue weighted by molar-refractivity contribution is 0.0585. The molecule has 0 radical (unpaired) electrons. The normalized spacial score (nSPS) is 16.1. The van der Waals surface area contributed by atoms with Crippen LogP contribution in [0.15, 0.2) is 22.7 Å². The van der Waals surface area contributed by atoms with Crippen LogP contribution in [0.25, 0.3) is 0 Å². The van der Waals surface area contributed by atoms with Crippen molar-refractivity contribution >= 4 is 21.8 Å². The molecule has 0 saturated heterocycles. The number of nitrogens with zero attached hydrogens (tertiary/aromatic N) is 1. The SMILES string of the molecule is O=C(c1ccc(F)c(Br)c1)N(CCO)C1CCCCC1. The van der Waals surface area contributed by atoms with Crippen LogP contribution in [0, 0.1) is 5.82 Å². The van der Waals surface area contributed by atoms with Crippen molar-refractivity contribution in [2.45, 2.75) is 38.1 Å². The number of halogens is 2. The second kappa shape index (κ2) is 7.18. The van der Waals surface area contributed by atoms with Crippen LogP contribution >= 0.6 is 15.9 Å². The Balaban J connectivity index is 2.18. The lowest BCUT2D eigenvalue weighted by atomic mass is 9.93. The zero-order chi connectivity index (χ0) is 14.5. The molecule has 1 saturated carbocycles. The van der Waals surface area contributed by atoms with Crippen LogP contribution in [0.2, 0.25) is 0 Å². The van der Waals surface area contributed by atoms with Gasteiger partial charge >= 0.3 is 0 Å². The summed E-state index contributed by atoms with van der Waals surface area (Å²) in [7, 11) is 0. The molecular formula is C15H19BrFNO2. The molecule has 0 atom stereocenters. The summed E-state index contributed by atoms with van der Waals surface area (Å²) in [5.74, 6) is -0.514. The summed E-state index contributed by atoms with van der Waals surface area (Å²) in [5.41, 5.74) is 0.456. The third kappa shape index (κ3) is 3.58. The van der Waals surface area contributed by atoms with Gasteiger partial charge < -0.3 is 10.0 Å². The molecule has 2 rings (SSSR count). The van der Waals surface area contributed by atoms with Crippen molar-refractivity contribution < 1.29 is 14.3 Å². The van der Waals surface area contributed by atoms with Gasteiger partial charge in [0.15, 0.2) is 0 Å². The molecule has 0 spiro atoms. The number of rotatable bonds is 4. The number of aliphatic hydroxyl groups excluding tert-OH is 1. The van der Waals surface area contributed by atoms with Gasteiger partial charge in [-0.15, -0.1) is 0 Å². The number of benzene rings is 1. The molecule has 1 aliphatic rings. The minimum absolute atomic E-state index is 0.0510. The van der Waals surface area contributed by atoms with Crippen molar-refractivity contribution in [1.82, 2.24) is 4.90 Å². The monoisotopic (exact) mass is 343 g/mol. The quantitative estimate of drug-likeness (QED) is 0.910. The molecule has 0 aromatic heterocycles. The van der Waals surface area contributed by atoms with E-state index in [1.807, 2.05) is 0 Å². The van der Waals surface area contributed by atoms with Crippen molar-refractivity contribution in [2.75, 3.05) is 13.2 Å². The topological polar surface area (TPSA) is 40.5 Å². The summed E-state index contributed by atoms with van der Waals surface area (Å²) < 4.78 is 13.5. The van der Waals surface area contributed by atoms with E-state index in [4.69, 9.17) is 0 Å². The van der Waals surface area contributed by atoms with Crippen molar-refractivity contribution in [3.8, 4) is 0 Å². The molecule has 1 aromatic carbocycles. The smallest absolute Gasteiger partial charge is 0.254 e. The average Bonchev–Trinajstić information content (AvgIpc) is 2.48. The van der Waals surface area contributed by atoms with E-state index >= 15 is 0 Å². The lowest BCUT2D eigenvalue weighted by Crippen LogP contribution is -2.43. The largest absolute Gasteiger partial charge is 0.395 e. The number of aliphatic hydroxyl groups is 1. The first-order chi connectivity index (χ1) is 9.63. The molecule has 20 heavy (non-hydrogen) atoms. The van der Waals surface area contributed by atoms with Crippen LogP contribution in [0.5, 0.6) is 0 Å². The maximum Gasteiger partial charge on any atom is 0.254 e. The number of amides is 1. The molecule has 0 unspecified atom stereocenters. The molecule has 0 bridgehead atoms. The number of carbonyl (C=O) groups is 1. The van der Waals surface area contributed by atoms with Crippen molar-refractivity contribution in [3.63, 3.8) is 0 Å². The van der Waals surface area contributed by atoms with Crippen molar-refractivity contribution in [1.29, 1.82) is 0 Å². The predicted octanol–water partition coefficient (Wildman–Crippen LogP) is 3.36. The maximum absolute atomic E-state index is 13.3. The van der Waals surface area contributed by atoms with E-state index in [1.54, 1.807) is 4.90 Å². The fourth-order valence-electron chi connectivity index (χ4n) is 2.75. The summed E-state index contributed by atoms with van der Waals surface area (Å²) in [6.45, 7) is 0.281. The van der Waals surface area contributed by atoms with E-state index in [0.717, 1.165) is 25.7 Å². The van der Waals surface area contributed by atoms with E-state index in [0.29, 0.717) is 12.1 Å². The lowest BCUT2D eigenvalue weighted by Gasteiger charge is -2.34. The Kier molecular flexibility index (Phi) is 5.54. The van der Waals surface area contributed by atoms with Gasteiger partial charge in [-0.25, -0.2) is 4.39 Å².